The first-order valence-corrected chi connectivity index (χ1v) is 12.4. The van der Waals surface area contributed by atoms with Crippen LogP contribution in [0.15, 0.2) is 65.0 Å². The number of rotatable bonds is 5. The van der Waals surface area contributed by atoms with E-state index in [1.807, 2.05) is 31.2 Å². The van der Waals surface area contributed by atoms with E-state index in [1.165, 1.54) is 0 Å². The van der Waals surface area contributed by atoms with E-state index in [2.05, 4.69) is 10.6 Å². The summed E-state index contributed by atoms with van der Waals surface area (Å²) in [5.41, 5.74) is 5.47. The minimum absolute atomic E-state index is 0.0386. The summed E-state index contributed by atoms with van der Waals surface area (Å²) in [6, 6.07) is 12.7. The summed E-state index contributed by atoms with van der Waals surface area (Å²) in [6.07, 6.45) is 3.99. The average Bonchev–Trinajstić information content (AvgIpc) is 2.84. The molecule has 3 aliphatic rings. The number of halogens is 1. The summed E-state index contributed by atoms with van der Waals surface area (Å²) in [4.78, 5) is 38.8. The molecule has 35 heavy (non-hydrogen) atoms. The molecule has 0 fully saturated rings. The van der Waals surface area contributed by atoms with Crippen molar-refractivity contribution in [2.45, 2.75) is 51.4 Å². The summed E-state index contributed by atoms with van der Waals surface area (Å²) >= 11 is 6.39. The number of carbonyl (C=O) groups excluding carboxylic acids is 3. The fourth-order valence-electron chi connectivity index (χ4n) is 5.15. The number of dihydropyridines is 1. The van der Waals surface area contributed by atoms with E-state index in [1.54, 1.807) is 18.2 Å². The second-order valence-corrected chi connectivity index (χ2v) is 9.72. The van der Waals surface area contributed by atoms with E-state index < -0.39 is 5.92 Å². The van der Waals surface area contributed by atoms with Crippen LogP contribution in [0.2, 0.25) is 5.02 Å². The Morgan fingerprint density at radius 2 is 1.60 bits per heavy atom. The predicted octanol–water partition coefficient (Wildman–Crippen LogP) is 5.37. The number of hydrogen-bond donors (Lipinski definition) is 2. The Bertz CT molecular complexity index is 1230. The molecule has 6 nitrogen and oxygen atoms in total. The molecule has 2 aromatic carbocycles. The van der Waals surface area contributed by atoms with Crippen LogP contribution in [0.3, 0.4) is 0 Å². The molecule has 180 valence electrons. The minimum atomic E-state index is -0.546. The Balaban J connectivity index is 1.48. The fraction of sp³-hybridized carbons (Fsp3) is 0.321. The van der Waals surface area contributed by atoms with Gasteiger partial charge in [0.25, 0.3) is 5.91 Å². The molecule has 0 unspecified atom stereocenters. The first kappa shape index (κ1) is 23.4. The molecule has 7 heteroatoms. The van der Waals surface area contributed by atoms with Crippen molar-refractivity contribution in [2.24, 2.45) is 0 Å². The molecule has 1 heterocycles. The van der Waals surface area contributed by atoms with Crippen LogP contribution in [0.5, 0.6) is 5.75 Å². The van der Waals surface area contributed by atoms with Gasteiger partial charge in [-0.3, -0.25) is 14.4 Å². The van der Waals surface area contributed by atoms with Gasteiger partial charge in [0, 0.05) is 57.6 Å². The monoisotopic (exact) mass is 490 g/mol. The maximum Gasteiger partial charge on any atom is 0.262 e. The molecule has 0 atom stereocenters. The van der Waals surface area contributed by atoms with Gasteiger partial charge >= 0.3 is 0 Å². The zero-order valence-corrected chi connectivity index (χ0v) is 20.3. The lowest BCUT2D eigenvalue weighted by atomic mass is 9.71. The van der Waals surface area contributed by atoms with E-state index in [-0.39, 0.29) is 24.1 Å². The van der Waals surface area contributed by atoms with Crippen molar-refractivity contribution in [1.82, 2.24) is 5.32 Å². The maximum atomic E-state index is 13.1. The Morgan fingerprint density at radius 3 is 2.23 bits per heavy atom. The largest absolute Gasteiger partial charge is 0.483 e. The number of carbonyl (C=O) groups is 3. The van der Waals surface area contributed by atoms with Gasteiger partial charge in [-0.2, -0.15) is 0 Å². The molecule has 0 saturated carbocycles. The minimum Gasteiger partial charge on any atom is -0.483 e. The highest BCUT2D eigenvalue weighted by Gasteiger charge is 2.41. The van der Waals surface area contributed by atoms with Gasteiger partial charge < -0.3 is 15.4 Å². The van der Waals surface area contributed by atoms with Gasteiger partial charge in [0.1, 0.15) is 5.75 Å². The third-order valence-electron chi connectivity index (χ3n) is 6.77. The normalized spacial score (nSPS) is 18.1. The Morgan fingerprint density at radius 1 is 0.971 bits per heavy atom. The smallest absolute Gasteiger partial charge is 0.262 e. The standard InChI is InChI=1S/C28H27ClN2O4/c1-16-8-11-18(12-9-16)30-25(34)15-35-24-13-10-17(29)14-19(24)26-27-20(4-2-6-22(27)32)31-21-5-3-7-23(33)28(21)26/h8-14,26,31H,2-7,15H2,1H3,(H,30,34). The number of ketones is 2. The molecule has 0 spiro atoms. The fourth-order valence-corrected chi connectivity index (χ4v) is 5.33. The van der Waals surface area contributed by atoms with Crippen molar-refractivity contribution in [3.05, 3.63) is 81.2 Å². The molecule has 0 saturated heterocycles. The second-order valence-electron chi connectivity index (χ2n) is 9.28. The van der Waals surface area contributed by atoms with Crippen LogP contribution < -0.4 is 15.4 Å². The zero-order chi connectivity index (χ0) is 24.5. The third-order valence-corrected chi connectivity index (χ3v) is 7.00. The van der Waals surface area contributed by atoms with Gasteiger partial charge in [-0.15, -0.1) is 0 Å². The zero-order valence-electron chi connectivity index (χ0n) is 19.6. The summed E-state index contributed by atoms with van der Waals surface area (Å²) in [7, 11) is 0. The molecule has 5 rings (SSSR count). The molecule has 1 amide bonds. The lowest BCUT2D eigenvalue weighted by Crippen LogP contribution is -2.36. The topological polar surface area (TPSA) is 84.5 Å². The van der Waals surface area contributed by atoms with Crippen LogP contribution in [0.25, 0.3) is 0 Å². The van der Waals surface area contributed by atoms with Gasteiger partial charge in [-0.25, -0.2) is 0 Å². The summed E-state index contributed by atoms with van der Waals surface area (Å²) in [6.45, 7) is 1.76. The molecular formula is C28H27ClN2O4. The number of aryl methyl sites for hydroxylation is 1. The third kappa shape index (κ3) is 4.76. The van der Waals surface area contributed by atoms with Crippen LogP contribution in [0, 0.1) is 6.92 Å². The van der Waals surface area contributed by atoms with Gasteiger partial charge in [0.2, 0.25) is 0 Å². The molecule has 1 aliphatic heterocycles. The summed E-state index contributed by atoms with van der Waals surface area (Å²) < 4.78 is 5.97. The van der Waals surface area contributed by atoms with Gasteiger partial charge in [-0.1, -0.05) is 29.3 Å². The average molecular weight is 491 g/mol. The van der Waals surface area contributed by atoms with E-state index >= 15 is 0 Å². The lowest BCUT2D eigenvalue weighted by Gasteiger charge is -2.37. The van der Waals surface area contributed by atoms with E-state index in [4.69, 9.17) is 16.3 Å². The van der Waals surface area contributed by atoms with Crippen LogP contribution in [0.4, 0.5) is 5.69 Å². The quantitative estimate of drug-likeness (QED) is 0.588. The second kappa shape index (κ2) is 9.70. The summed E-state index contributed by atoms with van der Waals surface area (Å²) in [5, 5.41) is 6.72. The predicted molar refractivity (Wildman–Crippen MR) is 134 cm³/mol. The molecule has 2 aromatic rings. The van der Waals surface area contributed by atoms with Gasteiger partial charge in [0.05, 0.1) is 0 Å². The van der Waals surface area contributed by atoms with E-state index in [0.717, 1.165) is 42.6 Å². The molecule has 2 N–H and O–H groups in total. The van der Waals surface area contributed by atoms with Crippen molar-refractivity contribution in [3.8, 4) is 5.75 Å². The number of hydrogen-bond acceptors (Lipinski definition) is 5. The summed E-state index contributed by atoms with van der Waals surface area (Å²) in [5.74, 6) is -0.331. The van der Waals surface area contributed by atoms with Crippen LogP contribution in [0.1, 0.15) is 55.6 Å². The van der Waals surface area contributed by atoms with E-state index in [0.29, 0.717) is 46.0 Å². The number of allylic oxidation sites excluding steroid dienone is 4. The maximum absolute atomic E-state index is 13.1. The number of benzene rings is 2. The van der Waals surface area contributed by atoms with Crippen LogP contribution >= 0.6 is 11.6 Å². The van der Waals surface area contributed by atoms with Crippen molar-refractivity contribution in [2.75, 3.05) is 11.9 Å². The molecule has 0 radical (unpaired) electrons. The Hall–Kier alpha value is -3.38. The van der Waals surface area contributed by atoms with Crippen molar-refractivity contribution in [1.29, 1.82) is 0 Å². The molecular weight excluding hydrogens is 464 g/mol. The first-order valence-electron chi connectivity index (χ1n) is 12.0. The van der Waals surface area contributed by atoms with Crippen molar-refractivity contribution >= 4 is 34.8 Å². The van der Waals surface area contributed by atoms with Crippen LogP contribution in [-0.4, -0.2) is 24.1 Å². The van der Waals surface area contributed by atoms with Gasteiger partial charge in [-0.05, 0) is 62.9 Å². The number of ether oxygens (including phenoxy) is 1. The van der Waals surface area contributed by atoms with Gasteiger partial charge in [0.15, 0.2) is 18.2 Å². The number of nitrogens with one attached hydrogen (secondary N) is 2. The number of Topliss-reactive ketones (excluding diaryl/α,β-unsaturated/α-hetero) is 2. The highest BCUT2D eigenvalue weighted by atomic mass is 35.5. The highest BCUT2D eigenvalue weighted by Crippen LogP contribution is 2.48. The highest BCUT2D eigenvalue weighted by molar-refractivity contribution is 6.30. The lowest BCUT2D eigenvalue weighted by molar-refractivity contribution is -0.119. The Labute approximate surface area is 209 Å². The van der Waals surface area contributed by atoms with Crippen molar-refractivity contribution < 1.29 is 19.1 Å². The van der Waals surface area contributed by atoms with Crippen LogP contribution in [-0.2, 0) is 14.4 Å². The number of anilines is 1. The van der Waals surface area contributed by atoms with E-state index in [9.17, 15) is 14.4 Å². The first-order chi connectivity index (χ1) is 16.9. The Kier molecular flexibility index (Phi) is 6.48. The molecule has 2 aliphatic carbocycles. The van der Waals surface area contributed by atoms with Crippen molar-refractivity contribution in [3.63, 3.8) is 0 Å². The molecule has 0 aromatic heterocycles. The number of amides is 1. The molecule has 0 bridgehead atoms. The SMILES string of the molecule is Cc1ccc(NC(=O)COc2ccc(Cl)cc2C2C3=C(CCCC3=O)NC3=C2C(=O)CCC3)cc1.